The van der Waals surface area contributed by atoms with Crippen LogP contribution in [0.15, 0.2) is 24.3 Å². The van der Waals surface area contributed by atoms with Gasteiger partial charge in [-0.25, -0.2) is 0 Å². The van der Waals surface area contributed by atoms with Crippen LogP contribution in [0.3, 0.4) is 0 Å². The van der Waals surface area contributed by atoms with E-state index < -0.39 is 0 Å². The molecule has 26 heavy (non-hydrogen) atoms. The Kier molecular flexibility index (Phi) is 5.28. The Labute approximate surface area is 156 Å². The van der Waals surface area contributed by atoms with Crippen LogP contribution in [0.2, 0.25) is 0 Å². The quantitative estimate of drug-likeness (QED) is 0.818. The third kappa shape index (κ3) is 4.87. The largest absolute Gasteiger partial charge is 0.353 e. The normalized spacial score (nSPS) is 20.8. The fourth-order valence-electron chi connectivity index (χ4n) is 3.91. The fourth-order valence-corrected chi connectivity index (χ4v) is 3.91. The molecule has 0 aromatic heterocycles. The summed E-state index contributed by atoms with van der Waals surface area (Å²) in [6, 6.07) is 9.23. The highest BCUT2D eigenvalue weighted by Crippen LogP contribution is 2.33. The second-order valence-corrected chi connectivity index (χ2v) is 8.41. The zero-order valence-electron chi connectivity index (χ0n) is 15.6. The summed E-state index contributed by atoms with van der Waals surface area (Å²) < 4.78 is 0. The summed E-state index contributed by atoms with van der Waals surface area (Å²) in [6.07, 6.45) is 9.27. The monoisotopic (exact) mass is 354 g/mol. The fraction of sp³-hybridized carbons (Fsp3) is 0.636. The van der Waals surface area contributed by atoms with E-state index in [1.54, 1.807) is 0 Å². The van der Waals surface area contributed by atoms with Gasteiger partial charge in [-0.05, 0) is 68.4 Å². The van der Waals surface area contributed by atoms with Gasteiger partial charge in [0.05, 0.1) is 0 Å². The molecule has 3 aliphatic rings. The third-order valence-corrected chi connectivity index (χ3v) is 5.98. The van der Waals surface area contributed by atoms with Crippen LogP contribution in [0, 0.1) is 11.8 Å². The summed E-state index contributed by atoms with van der Waals surface area (Å²) in [7, 11) is 0. The summed E-state index contributed by atoms with van der Waals surface area (Å²) in [4.78, 5) is 26.0. The molecule has 2 saturated carbocycles. The van der Waals surface area contributed by atoms with Gasteiger partial charge in [0, 0.05) is 31.5 Å². The number of hydrogen-bond acceptors (Lipinski definition) is 2. The van der Waals surface area contributed by atoms with Crippen molar-refractivity contribution in [2.24, 2.45) is 11.8 Å². The summed E-state index contributed by atoms with van der Waals surface area (Å²) in [5.41, 5.74) is 2.62. The van der Waals surface area contributed by atoms with Crippen molar-refractivity contribution in [3.8, 4) is 0 Å². The molecular weight excluding hydrogens is 324 g/mol. The molecule has 1 aromatic rings. The Morgan fingerprint density at radius 2 is 1.58 bits per heavy atom. The molecule has 140 valence electrons. The lowest BCUT2D eigenvalue weighted by molar-refractivity contribution is -0.134. The van der Waals surface area contributed by atoms with E-state index in [1.165, 1.54) is 11.1 Å². The van der Waals surface area contributed by atoms with Gasteiger partial charge >= 0.3 is 0 Å². The van der Waals surface area contributed by atoms with E-state index in [-0.39, 0.29) is 5.91 Å². The summed E-state index contributed by atoms with van der Waals surface area (Å²) in [5.74, 6) is 1.63. The first-order valence-corrected chi connectivity index (χ1v) is 10.3. The van der Waals surface area contributed by atoms with Gasteiger partial charge in [0.1, 0.15) is 0 Å². The van der Waals surface area contributed by atoms with E-state index in [2.05, 4.69) is 34.5 Å². The number of nitrogens with zero attached hydrogens (tertiary/aromatic N) is 1. The van der Waals surface area contributed by atoms with Crippen LogP contribution >= 0.6 is 0 Å². The molecule has 2 aliphatic carbocycles. The molecule has 0 atom stereocenters. The van der Waals surface area contributed by atoms with Crippen molar-refractivity contribution >= 4 is 11.8 Å². The number of rotatable bonds is 7. The molecule has 0 radical (unpaired) electrons. The molecule has 4 heteroatoms. The van der Waals surface area contributed by atoms with Crippen LogP contribution in [0.1, 0.15) is 56.1 Å². The average molecular weight is 354 g/mol. The van der Waals surface area contributed by atoms with Crippen molar-refractivity contribution < 1.29 is 9.59 Å². The molecule has 4 nitrogen and oxygen atoms in total. The van der Waals surface area contributed by atoms with Crippen molar-refractivity contribution in [2.75, 3.05) is 13.1 Å². The number of aryl methyl sites for hydroxylation is 1. The van der Waals surface area contributed by atoms with Crippen molar-refractivity contribution in [1.29, 1.82) is 0 Å². The lowest BCUT2D eigenvalue weighted by atomic mass is 9.89. The van der Waals surface area contributed by atoms with E-state index in [9.17, 15) is 9.59 Å². The van der Waals surface area contributed by atoms with Crippen molar-refractivity contribution in [1.82, 2.24) is 10.2 Å². The SMILES string of the molecule is O=C(CCc1ccc(CC2CCN(C(=O)C3CC3)CC2)cc1)NC1CC1. The van der Waals surface area contributed by atoms with Gasteiger partial charge in [0.15, 0.2) is 0 Å². The molecule has 1 aromatic carbocycles. The number of benzene rings is 1. The Hall–Kier alpha value is -1.84. The number of likely N-dealkylation sites (tertiary alicyclic amines) is 1. The topological polar surface area (TPSA) is 49.4 Å². The summed E-state index contributed by atoms with van der Waals surface area (Å²) in [5, 5.41) is 3.05. The average Bonchev–Trinajstić information content (AvgIpc) is 3.55. The van der Waals surface area contributed by atoms with E-state index in [0.29, 0.717) is 30.2 Å². The first kappa shape index (κ1) is 17.6. The van der Waals surface area contributed by atoms with Crippen LogP contribution in [-0.2, 0) is 22.4 Å². The zero-order chi connectivity index (χ0) is 17.9. The molecule has 2 amide bonds. The van der Waals surface area contributed by atoms with E-state index in [1.807, 2.05) is 0 Å². The lowest BCUT2D eigenvalue weighted by Gasteiger charge is -2.32. The predicted octanol–water partition coefficient (Wildman–Crippen LogP) is 3.09. The van der Waals surface area contributed by atoms with Crippen LogP contribution in [0.4, 0.5) is 0 Å². The standard InChI is InChI=1S/C22H30N2O2/c25-21(23-20-8-9-20)10-5-16-1-3-17(4-2-16)15-18-11-13-24(14-12-18)22(26)19-6-7-19/h1-4,18-20H,5-15H2,(H,23,25). The number of amides is 2. The van der Waals surface area contributed by atoms with Gasteiger partial charge in [-0.3, -0.25) is 9.59 Å². The number of nitrogens with one attached hydrogen (secondary N) is 1. The summed E-state index contributed by atoms with van der Waals surface area (Å²) >= 11 is 0. The first-order chi connectivity index (χ1) is 12.7. The highest BCUT2D eigenvalue weighted by atomic mass is 16.2. The maximum absolute atomic E-state index is 12.1. The second kappa shape index (κ2) is 7.81. The third-order valence-electron chi connectivity index (χ3n) is 5.98. The molecule has 0 spiro atoms. The smallest absolute Gasteiger partial charge is 0.225 e. The van der Waals surface area contributed by atoms with Crippen LogP contribution in [0.25, 0.3) is 0 Å². The van der Waals surface area contributed by atoms with Gasteiger partial charge < -0.3 is 10.2 Å². The molecular formula is C22H30N2O2. The molecule has 1 saturated heterocycles. The van der Waals surface area contributed by atoms with Gasteiger partial charge in [0.2, 0.25) is 11.8 Å². The predicted molar refractivity (Wildman–Crippen MR) is 102 cm³/mol. The molecule has 3 fully saturated rings. The zero-order valence-corrected chi connectivity index (χ0v) is 15.6. The van der Waals surface area contributed by atoms with Crippen molar-refractivity contribution in [2.45, 2.75) is 63.8 Å². The van der Waals surface area contributed by atoms with E-state index in [4.69, 9.17) is 0 Å². The lowest BCUT2D eigenvalue weighted by Crippen LogP contribution is -2.39. The Balaban J connectivity index is 1.19. The van der Waals surface area contributed by atoms with Crippen molar-refractivity contribution in [3.63, 3.8) is 0 Å². The van der Waals surface area contributed by atoms with Gasteiger partial charge in [-0.2, -0.15) is 0 Å². The second-order valence-electron chi connectivity index (χ2n) is 8.41. The Bertz CT molecular complexity index is 639. The molecule has 1 heterocycles. The van der Waals surface area contributed by atoms with Gasteiger partial charge in [-0.15, -0.1) is 0 Å². The Morgan fingerprint density at radius 1 is 0.923 bits per heavy atom. The highest BCUT2D eigenvalue weighted by molar-refractivity contribution is 5.81. The van der Waals surface area contributed by atoms with Crippen LogP contribution in [0.5, 0.6) is 0 Å². The molecule has 4 rings (SSSR count). The number of piperidine rings is 1. The van der Waals surface area contributed by atoms with E-state index >= 15 is 0 Å². The molecule has 0 unspecified atom stereocenters. The van der Waals surface area contributed by atoms with Gasteiger partial charge in [0.25, 0.3) is 0 Å². The summed E-state index contributed by atoms with van der Waals surface area (Å²) in [6.45, 7) is 1.88. The van der Waals surface area contributed by atoms with Crippen LogP contribution < -0.4 is 5.32 Å². The molecule has 0 bridgehead atoms. The Morgan fingerprint density at radius 3 is 2.19 bits per heavy atom. The molecule has 1 N–H and O–H groups in total. The van der Waals surface area contributed by atoms with Crippen LogP contribution in [-0.4, -0.2) is 35.8 Å². The molecule has 1 aliphatic heterocycles. The van der Waals surface area contributed by atoms with Gasteiger partial charge in [-0.1, -0.05) is 24.3 Å². The number of carbonyl (C=O) groups is 2. The van der Waals surface area contributed by atoms with E-state index in [0.717, 1.165) is 64.5 Å². The minimum absolute atomic E-state index is 0.184. The maximum atomic E-state index is 12.1. The number of hydrogen-bond donors (Lipinski definition) is 1. The van der Waals surface area contributed by atoms with Crippen molar-refractivity contribution in [3.05, 3.63) is 35.4 Å². The minimum Gasteiger partial charge on any atom is -0.353 e. The highest BCUT2D eigenvalue weighted by Gasteiger charge is 2.34. The maximum Gasteiger partial charge on any atom is 0.225 e. The minimum atomic E-state index is 0.184. The number of carbonyl (C=O) groups excluding carboxylic acids is 2. The first-order valence-electron chi connectivity index (χ1n) is 10.3.